The van der Waals surface area contributed by atoms with E-state index in [0.717, 1.165) is 135 Å². The number of aliphatic hydroxyl groups excluding tert-OH is 3. The molecule has 13 heteroatoms. The lowest BCUT2D eigenvalue weighted by Gasteiger charge is -2.41. The number of unbranched alkanes of at least 4 members (excludes halogenated alkanes) is 12. The van der Waals surface area contributed by atoms with Gasteiger partial charge in [-0.2, -0.15) is 8.42 Å². The zero-order valence-electron chi connectivity index (χ0n) is 41.6. The molecule has 0 aromatic heterocycles. The van der Waals surface area contributed by atoms with Gasteiger partial charge in [0.15, 0.2) is 6.29 Å². The van der Waals surface area contributed by atoms with E-state index >= 15 is 0 Å². The summed E-state index contributed by atoms with van der Waals surface area (Å²) in [5, 5.41) is 30.8. The van der Waals surface area contributed by atoms with Crippen LogP contribution in [0, 0.1) is 0 Å². The molecule has 388 valence electrons. The van der Waals surface area contributed by atoms with Gasteiger partial charge in [-0.25, -0.2) is 4.18 Å². The first kappa shape index (κ1) is 62.8. The Labute approximate surface area is 411 Å². The average molecular weight is 975 g/mol. The predicted octanol–water partition coefficient (Wildman–Crippen LogP) is 12.0. The normalized spacial score (nSPS) is 20.2. The Morgan fingerprint density at radius 3 is 1.41 bits per heavy atom. The number of hydrogen-bond acceptors (Lipinski definition) is 11. The van der Waals surface area contributed by atoms with Crippen molar-refractivity contribution in [1.82, 2.24) is 0 Å². The van der Waals surface area contributed by atoms with Gasteiger partial charge in [-0.1, -0.05) is 175 Å². The standard InChI is InChI=1S/C55H90O12S/c1-3-5-7-9-11-13-15-17-19-21-23-24-25-26-27-28-30-32-34-36-38-40-42-44-51(57)65-49(48-64-55-53(59)54(67-68(60,61)62)52(58)50(46-56)66-55)47-63-45-43-41-39-37-35-33-31-29-22-20-18-16-14-12-10-8-6-4-2/h5-8,11-14,17-20,23-24,26-27,29,31,49-50,52-56,58-59H,3-4,9-10,15-16,21-22,25,28,30,32-48H2,1-2H3,(H,60,61,62)/b7-5-,8-6-,13-11-,14-12-,19-17-,20-18-,24-23-,27-26-,31-29-. The maximum absolute atomic E-state index is 12.9. The fourth-order valence-electron chi connectivity index (χ4n) is 7.10. The van der Waals surface area contributed by atoms with Gasteiger partial charge in [-0.05, 0) is 96.3 Å². The molecule has 6 unspecified atom stereocenters. The van der Waals surface area contributed by atoms with E-state index < -0.39 is 59.8 Å². The molecule has 0 bridgehead atoms. The highest BCUT2D eigenvalue weighted by Gasteiger charge is 2.48. The first-order valence-electron chi connectivity index (χ1n) is 25.6. The van der Waals surface area contributed by atoms with Crippen LogP contribution in [0.15, 0.2) is 109 Å². The lowest BCUT2D eigenvalue weighted by atomic mass is 9.99. The molecule has 0 spiro atoms. The Morgan fingerprint density at radius 2 is 0.971 bits per heavy atom. The molecule has 68 heavy (non-hydrogen) atoms. The molecule has 0 aromatic rings. The first-order chi connectivity index (χ1) is 33.1. The Balaban J connectivity index is 2.40. The van der Waals surface area contributed by atoms with E-state index in [1.165, 1.54) is 6.42 Å². The van der Waals surface area contributed by atoms with E-state index in [-0.39, 0.29) is 19.6 Å². The van der Waals surface area contributed by atoms with E-state index in [1.54, 1.807) is 0 Å². The van der Waals surface area contributed by atoms with Gasteiger partial charge in [-0.3, -0.25) is 9.35 Å². The smallest absolute Gasteiger partial charge is 0.397 e. The van der Waals surface area contributed by atoms with Crippen LogP contribution in [0.3, 0.4) is 0 Å². The summed E-state index contributed by atoms with van der Waals surface area (Å²) >= 11 is 0. The minimum atomic E-state index is -5.08. The summed E-state index contributed by atoms with van der Waals surface area (Å²) in [5.74, 6) is -0.422. The SMILES string of the molecule is CC/C=C\C/C=C\C/C=C\C/C=C\C/C=C\CCCCCCCCCC(=O)OC(COCCCCCCC/C=C\C/C=C\C/C=C\C/C=C\CC)COC1OC(CO)C(O)C(OS(=O)(=O)O)C1O. The molecule has 1 heterocycles. The van der Waals surface area contributed by atoms with Gasteiger partial charge in [0.1, 0.15) is 30.5 Å². The summed E-state index contributed by atoms with van der Waals surface area (Å²) < 4.78 is 59.2. The molecule has 1 fully saturated rings. The highest BCUT2D eigenvalue weighted by atomic mass is 32.3. The quantitative estimate of drug-likeness (QED) is 0.0197. The molecule has 0 saturated carbocycles. The van der Waals surface area contributed by atoms with Gasteiger partial charge < -0.3 is 34.3 Å². The molecule has 0 aliphatic carbocycles. The Morgan fingerprint density at radius 1 is 0.559 bits per heavy atom. The van der Waals surface area contributed by atoms with E-state index in [0.29, 0.717) is 13.0 Å². The van der Waals surface area contributed by atoms with Crippen LogP contribution >= 0.6 is 0 Å². The van der Waals surface area contributed by atoms with Crippen molar-refractivity contribution in [2.75, 3.05) is 26.4 Å². The summed E-state index contributed by atoms with van der Waals surface area (Å²) in [6.07, 6.45) is 54.0. The second-order valence-corrected chi connectivity index (χ2v) is 18.0. The molecular formula is C55H90O12S. The monoisotopic (exact) mass is 975 g/mol. The summed E-state index contributed by atoms with van der Waals surface area (Å²) in [6, 6.07) is 0. The highest BCUT2D eigenvalue weighted by Crippen LogP contribution is 2.26. The first-order valence-corrected chi connectivity index (χ1v) is 27.0. The van der Waals surface area contributed by atoms with Crippen molar-refractivity contribution in [3.8, 4) is 0 Å². The molecule has 1 rings (SSSR count). The van der Waals surface area contributed by atoms with Crippen molar-refractivity contribution in [3.05, 3.63) is 109 Å². The molecule has 6 atom stereocenters. The van der Waals surface area contributed by atoms with Gasteiger partial charge in [0.25, 0.3) is 0 Å². The van der Waals surface area contributed by atoms with Crippen molar-refractivity contribution >= 4 is 16.4 Å². The molecule has 1 aliphatic rings. The van der Waals surface area contributed by atoms with Crippen LogP contribution in [-0.2, 0) is 38.3 Å². The third-order valence-corrected chi connectivity index (χ3v) is 11.4. The lowest BCUT2D eigenvalue weighted by Crippen LogP contribution is -2.60. The maximum Gasteiger partial charge on any atom is 0.397 e. The number of ether oxygens (including phenoxy) is 4. The number of aliphatic hydroxyl groups is 3. The Hall–Kier alpha value is -3.24. The molecule has 0 amide bonds. The number of hydrogen-bond donors (Lipinski definition) is 4. The van der Waals surface area contributed by atoms with E-state index in [4.69, 9.17) is 18.9 Å². The molecule has 4 N–H and O–H groups in total. The molecular weight excluding hydrogens is 885 g/mol. The molecule has 1 aliphatic heterocycles. The second-order valence-electron chi connectivity index (χ2n) is 17.0. The van der Waals surface area contributed by atoms with Gasteiger partial charge >= 0.3 is 16.4 Å². The minimum Gasteiger partial charge on any atom is -0.457 e. The van der Waals surface area contributed by atoms with Crippen LogP contribution in [0.1, 0.15) is 168 Å². The van der Waals surface area contributed by atoms with Gasteiger partial charge in [-0.15, -0.1) is 0 Å². The van der Waals surface area contributed by atoms with Crippen molar-refractivity contribution < 1.29 is 56.2 Å². The van der Waals surface area contributed by atoms with Gasteiger partial charge in [0.2, 0.25) is 0 Å². The summed E-state index contributed by atoms with van der Waals surface area (Å²) in [5.41, 5.74) is 0. The maximum atomic E-state index is 12.9. The summed E-state index contributed by atoms with van der Waals surface area (Å²) in [7, 11) is -5.08. The van der Waals surface area contributed by atoms with Crippen LogP contribution in [0.5, 0.6) is 0 Å². The molecule has 12 nitrogen and oxygen atoms in total. The molecule has 0 aromatic carbocycles. The van der Waals surface area contributed by atoms with Crippen molar-refractivity contribution in [1.29, 1.82) is 0 Å². The van der Waals surface area contributed by atoms with Crippen LogP contribution in [0.25, 0.3) is 0 Å². The molecule has 1 saturated heterocycles. The van der Waals surface area contributed by atoms with Crippen molar-refractivity contribution in [2.24, 2.45) is 0 Å². The summed E-state index contributed by atoms with van der Waals surface area (Å²) in [6.45, 7) is 3.69. The van der Waals surface area contributed by atoms with E-state index in [2.05, 4.69) is 127 Å². The number of esters is 1. The van der Waals surface area contributed by atoms with Crippen molar-refractivity contribution in [2.45, 2.75) is 205 Å². The Bertz CT molecular complexity index is 1590. The third-order valence-electron chi connectivity index (χ3n) is 10.9. The number of carbonyl (C=O) groups excluding carboxylic acids is 1. The number of carbonyl (C=O) groups is 1. The highest BCUT2D eigenvalue weighted by molar-refractivity contribution is 7.80. The van der Waals surface area contributed by atoms with Crippen LogP contribution in [-0.4, -0.2) is 97.5 Å². The number of rotatable bonds is 43. The average Bonchev–Trinajstić information content (AvgIpc) is 3.31. The summed E-state index contributed by atoms with van der Waals surface area (Å²) in [4.78, 5) is 12.9. The number of allylic oxidation sites excluding steroid dienone is 18. The zero-order chi connectivity index (χ0) is 49.6. The van der Waals surface area contributed by atoms with Crippen LogP contribution in [0.2, 0.25) is 0 Å². The topological polar surface area (TPSA) is 178 Å². The van der Waals surface area contributed by atoms with Crippen LogP contribution < -0.4 is 0 Å². The Kier molecular flexibility index (Phi) is 41.5. The molecule has 0 radical (unpaired) electrons. The largest absolute Gasteiger partial charge is 0.457 e. The van der Waals surface area contributed by atoms with Crippen LogP contribution in [0.4, 0.5) is 0 Å². The van der Waals surface area contributed by atoms with E-state index in [9.17, 15) is 33.1 Å². The predicted molar refractivity (Wildman–Crippen MR) is 275 cm³/mol. The second kappa shape index (κ2) is 44.9. The lowest BCUT2D eigenvalue weighted by molar-refractivity contribution is -0.301. The fraction of sp³-hybridized carbons (Fsp3) is 0.655. The van der Waals surface area contributed by atoms with Crippen molar-refractivity contribution in [3.63, 3.8) is 0 Å². The third kappa shape index (κ3) is 37.6. The van der Waals surface area contributed by atoms with Gasteiger partial charge in [0, 0.05) is 13.0 Å². The van der Waals surface area contributed by atoms with Gasteiger partial charge in [0.05, 0.1) is 19.8 Å². The minimum absolute atomic E-state index is 0.0109. The van der Waals surface area contributed by atoms with E-state index in [1.807, 2.05) is 0 Å². The zero-order valence-corrected chi connectivity index (χ0v) is 42.4. The fourth-order valence-corrected chi connectivity index (χ4v) is 7.61.